The van der Waals surface area contributed by atoms with Crippen LogP contribution in [0.3, 0.4) is 0 Å². The molecule has 0 N–H and O–H groups in total. The number of aromatic nitrogens is 4. The summed E-state index contributed by atoms with van der Waals surface area (Å²) in [6, 6.07) is 5.68. The van der Waals surface area contributed by atoms with E-state index in [-0.39, 0.29) is 5.91 Å². The lowest BCUT2D eigenvalue weighted by Gasteiger charge is -2.18. The van der Waals surface area contributed by atoms with Crippen LogP contribution < -0.4 is 0 Å². The van der Waals surface area contributed by atoms with Crippen molar-refractivity contribution in [3.8, 4) is 0 Å². The van der Waals surface area contributed by atoms with E-state index in [1.807, 2.05) is 29.9 Å². The van der Waals surface area contributed by atoms with Crippen LogP contribution >= 0.6 is 0 Å². The lowest BCUT2D eigenvalue weighted by atomic mass is 9.95. The smallest absolute Gasteiger partial charge is 0.274 e. The summed E-state index contributed by atoms with van der Waals surface area (Å²) < 4.78 is 6.58. The summed E-state index contributed by atoms with van der Waals surface area (Å²) in [6.45, 7) is 0.493. The number of hydrogen-bond donors (Lipinski definition) is 0. The summed E-state index contributed by atoms with van der Waals surface area (Å²) in [5, 5.41) is 12.1. The van der Waals surface area contributed by atoms with Crippen LogP contribution in [0.15, 0.2) is 22.8 Å². The molecule has 2 heterocycles. The van der Waals surface area contributed by atoms with Gasteiger partial charge in [0, 0.05) is 31.9 Å². The highest BCUT2D eigenvalue weighted by atomic mass is 16.6. The average molecular weight is 325 g/mol. The second kappa shape index (κ2) is 5.74. The fourth-order valence-electron chi connectivity index (χ4n) is 3.40. The van der Waals surface area contributed by atoms with Crippen LogP contribution in [0.5, 0.6) is 0 Å². The minimum absolute atomic E-state index is 0.0351. The minimum atomic E-state index is -0.0351. The highest BCUT2D eigenvalue weighted by Crippen LogP contribution is 2.25. The summed E-state index contributed by atoms with van der Waals surface area (Å²) in [5.74, 6) is -0.0351. The van der Waals surface area contributed by atoms with Crippen LogP contribution in [-0.4, -0.2) is 37.9 Å². The van der Waals surface area contributed by atoms with Gasteiger partial charge in [0.1, 0.15) is 11.0 Å². The van der Waals surface area contributed by atoms with Gasteiger partial charge in [0.05, 0.1) is 0 Å². The molecule has 2 aromatic heterocycles. The van der Waals surface area contributed by atoms with Gasteiger partial charge in [-0.1, -0.05) is 6.07 Å². The third-order valence-electron chi connectivity index (χ3n) is 4.65. The molecular formula is C17H19N5O2. The molecule has 7 nitrogen and oxygen atoms in total. The first-order valence-electron chi connectivity index (χ1n) is 8.15. The Morgan fingerprint density at radius 3 is 2.92 bits per heavy atom. The van der Waals surface area contributed by atoms with Crippen molar-refractivity contribution < 1.29 is 9.42 Å². The average Bonchev–Trinajstić information content (AvgIpc) is 3.19. The lowest BCUT2D eigenvalue weighted by Crippen LogP contribution is -2.27. The number of amides is 1. The van der Waals surface area contributed by atoms with Gasteiger partial charge in [-0.25, -0.2) is 4.63 Å². The van der Waals surface area contributed by atoms with E-state index >= 15 is 0 Å². The molecule has 0 atom stereocenters. The molecule has 0 unspecified atom stereocenters. The van der Waals surface area contributed by atoms with Crippen LogP contribution in [0.4, 0.5) is 0 Å². The topological polar surface area (TPSA) is 77.1 Å². The zero-order chi connectivity index (χ0) is 16.7. The molecule has 0 radical (unpaired) electrons. The Labute approximate surface area is 139 Å². The van der Waals surface area contributed by atoms with Crippen molar-refractivity contribution in [1.29, 1.82) is 0 Å². The second-order valence-electron chi connectivity index (χ2n) is 6.35. The van der Waals surface area contributed by atoms with Crippen molar-refractivity contribution in [1.82, 2.24) is 25.0 Å². The Kier molecular flexibility index (Phi) is 3.55. The zero-order valence-corrected chi connectivity index (χ0v) is 13.8. The molecule has 1 aliphatic carbocycles. The Balaban J connectivity index is 1.57. The van der Waals surface area contributed by atoms with Gasteiger partial charge in [-0.2, -0.15) is 5.10 Å². The molecule has 0 saturated carbocycles. The van der Waals surface area contributed by atoms with E-state index in [9.17, 15) is 4.79 Å². The van der Waals surface area contributed by atoms with Crippen LogP contribution in [0.1, 0.15) is 40.2 Å². The number of fused-ring (bicyclic) bond motifs is 2. The van der Waals surface area contributed by atoms with Gasteiger partial charge in [-0.05, 0) is 53.7 Å². The quantitative estimate of drug-likeness (QED) is 0.737. The predicted octanol–water partition coefficient (Wildman–Crippen LogP) is 2.11. The molecule has 0 bridgehead atoms. The standard InChI is InChI=1S/C17H19N5O2/c1-21(10-11-7-8-13-14(9-11)20-24-19-13)17(23)16-12-5-3-4-6-15(12)22(2)18-16/h7-9H,3-6,10H2,1-2H3. The summed E-state index contributed by atoms with van der Waals surface area (Å²) in [5.41, 5.74) is 5.32. The summed E-state index contributed by atoms with van der Waals surface area (Å²) >= 11 is 0. The Morgan fingerprint density at radius 1 is 1.25 bits per heavy atom. The molecule has 7 heteroatoms. The molecule has 0 spiro atoms. The predicted molar refractivity (Wildman–Crippen MR) is 87.5 cm³/mol. The largest absolute Gasteiger partial charge is 0.336 e. The summed E-state index contributed by atoms with van der Waals surface area (Å²) in [7, 11) is 3.73. The first kappa shape index (κ1) is 14.9. The highest BCUT2D eigenvalue weighted by molar-refractivity contribution is 5.94. The van der Waals surface area contributed by atoms with Gasteiger partial charge >= 0.3 is 0 Å². The zero-order valence-electron chi connectivity index (χ0n) is 13.8. The lowest BCUT2D eigenvalue weighted by molar-refractivity contribution is 0.0777. The van der Waals surface area contributed by atoms with Gasteiger partial charge in [0.2, 0.25) is 0 Å². The molecule has 0 saturated heterocycles. The third-order valence-corrected chi connectivity index (χ3v) is 4.65. The second-order valence-corrected chi connectivity index (χ2v) is 6.35. The summed E-state index contributed by atoms with van der Waals surface area (Å²) in [4.78, 5) is 14.6. The number of carbonyl (C=O) groups excluding carboxylic acids is 1. The van der Waals surface area contributed by atoms with Crippen molar-refractivity contribution in [3.63, 3.8) is 0 Å². The molecule has 124 valence electrons. The van der Waals surface area contributed by atoms with E-state index in [1.54, 1.807) is 11.9 Å². The normalized spacial score (nSPS) is 13.9. The van der Waals surface area contributed by atoms with E-state index in [4.69, 9.17) is 4.63 Å². The van der Waals surface area contributed by atoms with Gasteiger partial charge < -0.3 is 4.90 Å². The van der Waals surface area contributed by atoms with Crippen molar-refractivity contribution in [2.45, 2.75) is 32.2 Å². The highest BCUT2D eigenvalue weighted by Gasteiger charge is 2.25. The monoisotopic (exact) mass is 325 g/mol. The maximum absolute atomic E-state index is 12.9. The number of rotatable bonds is 3. The molecule has 1 amide bonds. The van der Waals surface area contributed by atoms with E-state index in [0.29, 0.717) is 23.3 Å². The van der Waals surface area contributed by atoms with Gasteiger partial charge in [0.25, 0.3) is 5.91 Å². The van der Waals surface area contributed by atoms with Crippen molar-refractivity contribution >= 4 is 16.9 Å². The van der Waals surface area contributed by atoms with E-state index in [1.165, 1.54) is 12.1 Å². The van der Waals surface area contributed by atoms with Crippen LogP contribution in [0.2, 0.25) is 0 Å². The van der Waals surface area contributed by atoms with E-state index < -0.39 is 0 Å². The van der Waals surface area contributed by atoms with Gasteiger partial charge in [-0.15, -0.1) is 0 Å². The number of hydrogen-bond acceptors (Lipinski definition) is 5. The minimum Gasteiger partial charge on any atom is -0.336 e. The van der Waals surface area contributed by atoms with Gasteiger partial charge in [-0.3, -0.25) is 9.48 Å². The SMILES string of the molecule is CN(Cc1ccc2nonc2c1)C(=O)c1nn(C)c2c1CCCC2. The molecule has 0 fully saturated rings. The van der Waals surface area contributed by atoms with E-state index in [2.05, 4.69) is 15.4 Å². The molecular weight excluding hydrogens is 306 g/mol. The molecule has 4 rings (SSSR count). The van der Waals surface area contributed by atoms with Crippen molar-refractivity contribution in [2.24, 2.45) is 7.05 Å². The molecule has 1 aliphatic rings. The van der Waals surface area contributed by atoms with Crippen LogP contribution in [0, 0.1) is 0 Å². The van der Waals surface area contributed by atoms with Crippen molar-refractivity contribution in [2.75, 3.05) is 7.05 Å². The first-order chi connectivity index (χ1) is 11.6. The fourth-order valence-corrected chi connectivity index (χ4v) is 3.40. The fraction of sp³-hybridized carbons (Fsp3) is 0.412. The van der Waals surface area contributed by atoms with Crippen LogP contribution in [-0.2, 0) is 26.4 Å². The Morgan fingerprint density at radius 2 is 2.04 bits per heavy atom. The van der Waals surface area contributed by atoms with E-state index in [0.717, 1.165) is 30.4 Å². The number of aryl methyl sites for hydroxylation is 1. The van der Waals surface area contributed by atoms with Gasteiger partial charge in [0.15, 0.2) is 5.69 Å². The number of nitrogens with zero attached hydrogens (tertiary/aromatic N) is 5. The first-order valence-corrected chi connectivity index (χ1v) is 8.15. The number of carbonyl (C=O) groups is 1. The molecule has 0 aliphatic heterocycles. The van der Waals surface area contributed by atoms with Crippen LogP contribution in [0.25, 0.3) is 11.0 Å². The maximum Gasteiger partial charge on any atom is 0.274 e. The molecule has 3 aromatic rings. The maximum atomic E-state index is 12.9. The number of benzene rings is 1. The molecule has 24 heavy (non-hydrogen) atoms. The molecule has 1 aromatic carbocycles. The van der Waals surface area contributed by atoms with Crippen molar-refractivity contribution in [3.05, 3.63) is 40.7 Å². The summed E-state index contributed by atoms with van der Waals surface area (Å²) in [6.07, 6.45) is 4.24. The Bertz CT molecular complexity index is 911. The third kappa shape index (κ3) is 2.46. The Hall–Kier alpha value is -2.70.